The Morgan fingerprint density at radius 3 is 2.58 bits per heavy atom. The first-order valence-electron chi connectivity index (χ1n) is 8.21. The summed E-state index contributed by atoms with van der Waals surface area (Å²) in [5.41, 5.74) is 2.98. The first-order valence-corrected chi connectivity index (χ1v) is 8.21. The molecule has 0 amide bonds. The van der Waals surface area contributed by atoms with Gasteiger partial charge in [0, 0.05) is 11.6 Å². The van der Waals surface area contributed by atoms with Gasteiger partial charge >= 0.3 is 0 Å². The van der Waals surface area contributed by atoms with E-state index < -0.39 is 0 Å². The highest BCUT2D eigenvalue weighted by Crippen LogP contribution is 2.19. The third kappa shape index (κ3) is 5.97. The molecule has 0 saturated carbocycles. The summed E-state index contributed by atoms with van der Waals surface area (Å²) in [4.78, 5) is 0. The molecule has 2 rings (SSSR count). The van der Waals surface area contributed by atoms with Crippen molar-refractivity contribution in [3.8, 4) is 17.1 Å². The Balaban J connectivity index is 1.91. The van der Waals surface area contributed by atoms with Crippen molar-refractivity contribution in [3.63, 3.8) is 0 Å². The lowest BCUT2D eigenvalue weighted by Crippen LogP contribution is -1.97. The Kier molecular flexibility index (Phi) is 7.18. The van der Waals surface area contributed by atoms with E-state index in [1.807, 2.05) is 31.2 Å². The Labute approximate surface area is 143 Å². The van der Waals surface area contributed by atoms with Gasteiger partial charge in [-0.1, -0.05) is 49.1 Å². The van der Waals surface area contributed by atoms with Crippen LogP contribution in [-0.2, 0) is 0 Å². The number of hydrogen-bond acceptors (Lipinski definition) is 4. The number of benzene rings is 1. The average Bonchev–Trinajstić information content (AvgIpc) is 2.60. The van der Waals surface area contributed by atoms with E-state index in [4.69, 9.17) is 4.74 Å². The number of hydrogen-bond donors (Lipinski definition) is 1. The molecule has 0 fully saturated rings. The molecule has 1 unspecified atom stereocenters. The molecular formula is C20H24N2O2. The van der Waals surface area contributed by atoms with Crippen LogP contribution in [0.2, 0.25) is 0 Å². The number of ether oxygens (including phenoxy) is 1. The topological polar surface area (TPSA) is 55.2 Å². The predicted octanol–water partition coefficient (Wildman–Crippen LogP) is 4.27. The normalized spacial score (nSPS) is 12.2. The maximum atomic E-state index is 9.22. The van der Waals surface area contributed by atoms with Gasteiger partial charge in [-0.15, -0.1) is 10.2 Å². The molecule has 0 bridgehead atoms. The van der Waals surface area contributed by atoms with Crippen molar-refractivity contribution in [1.29, 1.82) is 0 Å². The Hall–Kier alpha value is -2.46. The molecule has 4 nitrogen and oxygen atoms in total. The van der Waals surface area contributed by atoms with Crippen LogP contribution in [-0.4, -0.2) is 28.0 Å². The molecule has 0 aliphatic carbocycles. The van der Waals surface area contributed by atoms with Crippen molar-refractivity contribution >= 4 is 6.08 Å². The Morgan fingerprint density at radius 2 is 1.96 bits per heavy atom. The second kappa shape index (κ2) is 9.63. The van der Waals surface area contributed by atoms with E-state index in [0.717, 1.165) is 36.1 Å². The summed E-state index contributed by atoms with van der Waals surface area (Å²) in [6.07, 6.45) is 8.52. The van der Waals surface area contributed by atoms with Gasteiger partial charge in [-0.2, -0.15) is 0 Å². The molecule has 1 aromatic heterocycles. The third-order valence-electron chi connectivity index (χ3n) is 3.50. The fourth-order valence-electron chi connectivity index (χ4n) is 2.21. The van der Waals surface area contributed by atoms with E-state index >= 15 is 0 Å². The smallest absolute Gasteiger partial charge is 0.233 e. The Bertz CT molecular complexity index is 646. The lowest BCUT2D eigenvalue weighted by atomic mass is 10.1. The fraction of sp³-hybridized carbons (Fsp3) is 0.300. The molecule has 126 valence electrons. The number of nitrogens with zero attached hydrogens (tertiary/aromatic N) is 2. The zero-order valence-corrected chi connectivity index (χ0v) is 14.1. The molecule has 0 radical (unpaired) electrons. The summed E-state index contributed by atoms with van der Waals surface area (Å²) in [6, 6.07) is 11.9. The summed E-state index contributed by atoms with van der Waals surface area (Å²) in [7, 11) is 0. The van der Waals surface area contributed by atoms with Gasteiger partial charge in [-0.05, 0) is 37.8 Å². The minimum atomic E-state index is -0.215. The van der Waals surface area contributed by atoms with Crippen LogP contribution in [0.4, 0.5) is 0 Å². The SMILES string of the molecule is C=CCOc1ccc(-c2ccc(/C=C/CCCC(C)O)cc2)nn1. The molecule has 0 saturated heterocycles. The Morgan fingerprint density at radius 1 is 1.17 bits per heavy atom. The van der Waals surface area contributed by atoms with Crippen molar-refractivity contribution in [2.75, 3.05) is 6.61 Å². The third-order valence-corrected chi connectivity index (χ3v) is 3.50. The summed E-state index contributed by atoms with van der Waals surface area (Å²) in [5.74, 6) is 0.496. The average molecular weight is 324 g/mol. The standard InChI is InChI=1S/C20H24N2O2/c1-3-15-24-20-14-13-19(21-22-20)18-11-9-17(10-12-18)8-6-4-5-7-16(2)23/h3,6,8-14,16,23H,1,4-5,7,15H2,2H3/b8-6+. The second-order valence-corrected chi connectivity index (χ2v) is 5.66. The highest BCUT2D eigenvalue weighted by Gasteiger charge is 2.01. The molecule has 24 heavy (non-hydrogen) atoms. The van der Waals surface area contributed by atoms with E-state index in [-0.39, 0.29) is 6.10 Å². The zero-order chi connectivity index (χ0) is 17.2. The van der Waals surface area contributed by atoms with Crippen LogP contribution in [0.25, 0.3) is 17.3 Å². The summed E-state index contributed by atoms with van der Waals surface area (Å²) < 4.78 is 5.33. The molecule has 2 aromatic rings. The highest BCUT2D eigenvalue weighted by molar-refractivity contribution is 5.62. The first kappa shape index (κ1) is 17.9. The van der Waals surface area contributed by atoms with Crippen molar-refractivity contribution in [2.45, 2.75) is 32.3 Å². The van der Waals surface area contributed by atoms with Gasteiger partial charge in [-0.3, -0.25) is 0 Å². The molecule has 0 aliphatic rings. The molecule has 1 aromatic carbocycles. The number of rotatable bonds is 9. The van der Waals surface area contributed by atoms with E-state index in [1.54, 1.807) is 6.08 Å². The number of aliphatic hydroxyl groups is 1. The largest absolute Gasteiger partial charge is 0.472 e. The van der Waals surface area contributed by atoms with Gasteiger partial charge in [0.05, 0.1) is 11.8 Å². The van der Waals surface area contributed by atoms with Crippen molar-refractivity contribution in [3.05, 3.63) is 60.7 Å². The molecular weight excluding hydrogens is 300 g/mol. The van der Waals surface area contributed by atoms with E-state index in [0.29, 0.717) is 12.5 Å². The maximum absolute atomic E-state index is 9.22. The highest BCUT2D eigenvalue weighted by atomic mass is 16.5. The minimum absolute atomic E-state index is 0.215. The van der Waals surface area contributed by atoms with Crippen LogP contribution in [0.15, 0.2) is 55.1 Å². The minimum Gasteiger partial charge on any atom is -0.472 e. The van der Waals surface area contributed by atoms with Crippen LogP contribution in [0.1, 0.15) is 31.7 Å². The molecule has 0 spiro atoms. The lowest BCUT2D eigenvalue weighted by molar-refractivity contribution is 0.182. The molecule has 1 N–H and O–H groups in total. The van der Waals surface area contributed by atoms with Gasteiger partial charge < -0.3 is 9.84 Å². The van der Waals surface area contributed by atoms with E-state index in [1.165, 1.54) is 0 Å². The van der Waals surface area contributed by atoms with Crippen LogP contribution in [0, 0.1) is 0 Å². The number of aromatic nitrogens is 2. The monoisotopic (exact) mass is 324 g/mol. The first-order chi connectivity index (χ1) is 11.7. The summed E-state index contributed by atoms with van der Waals surface area (Å²) >= 11 is 0. The van der Waals surface area contributed by atoms with Gasteiger partial charge in [-0.25, -0.2) is 0 Å². The summed E-state index contributed by atoms with van der Waals surface area (Å²) in [6.45, 7) is 5.84. The van der Waals surface area contributed by atoms with Crippen LogP contribution in [0.5, 0.6) is 5.88 Å². The number of allylic oxidation sites excluding steroid dienone is 1. The molecule has 0 aliphatic heterocycles. The van der Waals surface area contributed by atoms with E-state index in [2.05, 4.69) is 41.1 Å². The number of unbranched alkanes of at least 4 members (excludes halogenated alkanes) is 1. The lowest BCUT2D eigenvalue weighted by Gasteiger charge is -2.04. The predicted molar refractivity (Wildman–Crippen MR) is 97.7 cm³/mol. The van der Waals surface area contributed by atoms with Gasteiger partial charge in [0.25, 0.3) is 0 Å². The van der Waals surface area contributed by atoms with Crippen LogP contribution < -0.4 is 4.74 Å². The van der Waals surface area contributed by atoms with Crippen molar-refractivity contribution in [1.82, 2.24) is 10.2 Å². The molecule has 4 heteroatoms. The number of aliphatic hydroxyl groups excluding tert-OH is 1. The molecule has 1 heterocycles. The zero-order valence-electron chi connectivity index (χ0n) is 14.1. The summed E-state index contributed by atoms with van der Waals surface area (Å²) in [5, 5.41) is 17.4. The van der Waals surface area contributed by atoms with Gasteiger partial charge in [0.1, 0.15) is 6.61 Å². The quantitative estimate of drug-likeness (QED) is 0.553. The van der Waals surface area contributed by atoms with Crippen molar-refractivity contribution < 1.29 is 9.84 Å². The van der Waals surface area contributed by atoms with Gasteiger partial charge in [0.15, 0.2) is 0 Å². The molecule has 1 atom stereocenters. The fourth-order valence-corrected chi connectivity index (χ4v) is 2.21. The van der Waals surface area contributed by atoms with Crippen molar-refractivity contribution in [2.24, 2.45) is 0 Å². The van der Waals surface area contributed by atoms with Crippen LogP contribution in [0.3, 0.4) is 0 Å². The van der Waals surface area contributed by atoms with Gasteiger partial charge in [0.2, 0.25) is 5.88 Å². The van der Waals surface area contributed by atoms with Crippen LogP contribution >= 0.6 is 0 Å². The second-order valence-electron chi connectivity index (χ2n) is 5.66. The maximum Gasteiger partial charge on any atom is 0.233 e. The van der Waals surface area contributed by atoms with E-state index in [9.17, 15) is 5.11 Å².